The van der Waals surface area contributed by atoms with E-state index in [1.807, 2.05) is 0 Å². The van der Waals surface area contributed by atoms with E-state index in [4.69, 9.17) is 0 Å². The Balaban J connectivity index is 2.39. The van der Waals surface area contributed by atoms with Crippen LogP contribution in [0, 0.1) is 0 Å². The van der Waals surface area contributed by atoms with Gasteiger partial charge in [0.25, 0.3) is 0 Å². The monoisotopic (exact) mass is 265 g/mol. The van der Waals surface area contributed by atoms with Crippen LogP contribution in [0.4, 0.5) is 13.2 Å². The molecule has 1 aromatic heterocycles. The highest BCUT2D eigenvalue weighted by atomic mass is 32.1. The standard InChI is InChI=1S/C10H10F3NO2S/c11-10(12,13)6-5-17-7(14-6)9(8(15)16)3-1-2-4-9/h5H,1-4H2,(H,15,16). The first-order chi connectivity index (χ1) is 7.86. The lowest BCUT2D eigenvalue weighted by atomic mass is 9.87. The highest BCUT2D eigenvalue weighted by Crippen LogP contribution is 2.44. The Hall–Kier alpha value is -1.11. The van der Waals surface area contributed by atoms with Crippen molar-refractivity contribution in [2.45, 2.75) is 37.3 Å². The van der Waals surface area contributed by atoms with Crippen LogP contribution in [0.2, 0.25) is 0 Å². The Kier molecular flexibility index (Phi) is 2.89. The summed E-state index contributed by atoms with van der Waals surface area (Å²) in [5.41, 5.74) is -2.20. The van der Waals surface area contributed by atoms with Crippen LogP contribution in [0.25, 0.3) is 0 Å². The van der Waals surface area contributed by atoms with E-state index in [2.05, 4.69) is 4.98 Å². The fourth-order valence-corrected chi connectivity index (χ4v) is 3.20. The van der Waals surface area contributed by atoms with Crippen molar-refractivity contribution in [2.75, 3.05) is 0 Å². The maximum absolute atomic E-state index is 12.4. The highest BCUT2D eigenvalue weighted by Gasteiger charge is 2.47. The Labute approximate surface area is 99.3 Å². The summed E-state index contributed by atoms with van der Waals surface area (Å²) in [5, 5.41) is 10.2. The molecule has 0 aliphatic heterocycles. The number of rotatable bonds is 2. The molecule has 17 heavy (non-hydrogen) atoms. The highest BCUT2D eigenvalue weighted by molar-refractivity contribution is 7.10. The van der Waals surface area contributed by atoms with Gasteiger partial charge in [0.2, 0.25) is 0 Å². The lowest BCUT2D eigenvalue weighted by Gasteiger charge is -2.20. The van der Waals surface area contributed by atoms with Crippen molar-refractivity contribution in [3.63, 3.8) is 0 Å². The molecule has 1 heterocycles. The van der Waals surface area contributed by atoms with Gasteiger partial charge >= 0.3 is 12.1 Å². The fraction of sp³-hybridized carbons (Fsp3) is 0.600. The van der Waals surface area contributed by atoms with Crippen LogP contribution in [0.1, 0.15) is 36.4 Å². The third-order valence-corrected chi connectivity index (χ3v) is 4.12. The number of aliphatic carboxylic acids is 1. The van der Waals surface area contributed by atoms with Crippen LogP contribution in [0.15, 0.2) is 5.38 Å². The number of nitrogens with zero attached hydrogens (tertiary/aromatic N) is 1. The van der Waals surface area contributed by atoms with Crippen molar-refractivity contribution < 1.29 is 23.1 Å². The molecule has 0 atom stereocenters. The second kappa shape index (κ2) is 3.97. The molecular weight excluding hydrogens is 255 g/mol. The molecule has 2 rings (SSSR count). The molecule has 0 amide bonds. The van der Waals surface area contributed by atoms with Crippen molar-refractivity contribution in [3.05, 3.63) is 16.1 Å². The molecule has 3 nitrogen and oxygen atoms in total. The quantitative estimate of drug-likeness (QED) is 0.894. The minimum Gasteiger partial charge on any atom is -0.481 e. The van der Waals surface area contributed by atoms with Gasteiger partial charge in [0.15, 0.2) is 5.69 Å². The number of carboxylic acid groups (broad SMARTS) is 1. The molecule has 0 aromatic carbocycles. The maximum atomic E-state index is 12.4. The van der Waals surface area contributed by atoms with Gasteiger partial charge in [-0.25, -0.2) is 4.98 Å². The molecule has 0 unspecified atom stereocenters. The lowest BCUT2D eigenvalue weighted by molar-refractivity contribution is -0.145. The van der Waals surface area contributed by atoms with E-state index in [1.54, 1.807) is 0 Å². The molecule has 1 N–H and O–H groups in total. The van der Waals surface area contributed by atoms with Gasteiger partial charge in [0.1, 0.15) is 10.4 Å². The largest absolute Gasteiger partial charge is 0.481 e. The minimum atomic E-state index is -4.51. The molecule has 0 bridgehead atoms. The molecule has 0 radical (unpaired) electrons. The summed E-state index contributed by atoms with van der Waals surface area (Å²) in [6.45, 7) is 0. The Bertz CT molecular complexity index is 435. The minimum absolute atomic E-state index is 0.0785. The van der Waals surface area contributed by atoms with Crippen LogP contribution in [0.3, 0.4) is 0 Å². The topological polar surface area (TPSA) is 50.2 Å². The van der Waals surface area contributed by atoms with E-state index in [9.17, 15) is 23.1 Å². The van der Waals surface area contributed by atoms with Crippen LogP contribution >= 0.6 is 11.3 Å². The predicted octanol–water partition coefficient (Wildman–Crippen LogP) is 3.06. The number of thiazole rings is 1. The number of aromatic nitrogens is 1. The van der Waals surface area contributed by atoms with Crippen molar-refractivity contribution in [1.29, 1.82) is 0 Å². The average molecular weight is 265 g/mol. The van der Waals surface area contributed by atoms with Crippen molar-refractivity contribution in [3.8, 4) is 0 Å². The van der Waals surface area contributed by atoms with Crippen LogP contribution in [0.5, 0.6) is 0 Å². The van der Waals surface area contributed by atoms with Crippen LogP contribution in [-0.2, 0) is 16.4 Å². The molecule has 94 valence electrons. The van der Waals surface area contributed by atoms with Gasteiger partial charge in [0, 0.05) is 5.38 Å². The molecule has 1 aliphatic carbocycles. The second-order valence-electron chi connectivity index (χ2n) is 4.13. The zero-order valence-electron chi connectivity index (χ0n) is 8.75. The summed E-state index contributed by atoms with van der Waals surface area (Å²) in [6, 6.07) is 0. The third kappa shape index (κ3) is 2.03. The van der Waals surface area contributed by atoms with Crippen LogP contribution in [-0.4, -0.2) is 16.1 Å². The number of halogens is 3. The van der Waals surface area contributed by atoms with Gasteiger partial charge in [-0.1, -0.05) is 12.8 Å². The fourth-order valence-electron chi connectivity index (χ4n) is 2.12. The summed E-state index contributed by atoms with van der Waals surface area (Å²) in [6.07, 6.45) is -2.34. The SMILES string of the molecule is O=C(O)C1(c2nc(C(F)(F)F)cs2)CCCC1. The summed E-state index contributed by atoms with van der Waals surface area (Å²) >= 11 is 0.789. The third-order valence-electron chi connectivity index (χ3n) is 3.07. The van der Waals surface area contributed by atoms with Crippen molar-refractivity contribution in [2.24, 2.45) is 0 Å². The van der Waals surface area contributed by atoms with Gasteiger partial charge in [-0.2, -0.15) is 13.2 Å². The number of hydrogen-bond acceptors (Lipinski definition) is 3. The molecular formula is C10H10F3NO2S. The molecule has 1 saturated carbocycles. The van der Waals surface area contributed by atoms with E-state index >= 15 is 0 Å². The van der Waals surface area contributed by atoms with Crippen molar-refractivity contribution in [1.82, 2.24) is 4.98 Å². The molecule has 0 spiro atoms. The summed E-state index contributed by atoms with van der Waals surface area (Å²) in [4.78, 5) is 14.7. The van der Waals surface area contributed by atoms with E-state index in [-0.39, 0.29) is 5.01 Å². The zero-order chi connectivity index (χ0) is 12.7. The summed E-state index contributed by atoms with van der Waals surface area (Å²) < 4.78 is 37.2. The van der Waals surface area contributed by atoms with Gasteiger partial charge in [-0.3, -0.25) is 4.79 Å². The first kappa shape index (κ1) is 12.3. The molecule has 1 aromatic rings. The number of alkyl halides is 3. The molecule has 1 aliphatic rings. The molecule has 1 fully saturated rings. The zero-order valence-corrected chi connectivity index (χ0v) is 9.57. The van der Waals surface area contributed by atoms with E-state index in [0.717, 1.165) is 16.7 Å². The van der Waals surface area contributed by atoms with Gasteiger partial charge in [-0.15, -0.1) is 11.3 Å². The number of hydrogen-bond donors (Lipinski definition) is 1. The van der Waals surface area contributed by atoms with E-state index in [1.165, 1.54) is 0 Å². The number of carboxylic acids is 1. The Morgan fingerprint density at radius 2 is 2.00 bits per heavy atom. The van der Waals surface area contributed by atoms with E-state index < -0.39 is 23.3 Å². The predicted molar refractivity (Wildman–Crippen MR) is 54.9 cm³/mol. The molecule has 0 saturated heterocycles. The number of carbonyl (C=O) groups is 1. The first-order valence-corrected chi connectivity index (χ1v) is 6.01. The Morgan fingerprint density at radius 3 is 2.41 bits per heavy atom. The first-order valence-electron chi connectivity index (χ1n) is 5.13. The average Bonchev–Trinajstić information content (AvgIpc) is 2.86. The van der Waals surface area contributed by atoms with Crippen LogP contribution < -0.4 is 0 Å². The normalized spacial score (nSPS) is 19.5. The second-order valence-corrected chi connectivity index (χ2v) is 4.99. The molecule has 7 heteroatoms. The maximum Gasteiger partial charge on any atom is 0.434 e. The summed E-state index contributed by atoms with van der Waals surface area (Å²) in [5.74, 6) is -1.07. The van der Waals surface area contributed by atoms with Gasteiger partial charge in [0.05, 0.1) is 0 Å². The van der Waals surface area contributed by atoms with Gasteiger partial charge in [-0.05, 0) is 12.8 Å². The smallest absolute Gasteiger partial charge is 0.434 e. The van der Waals surface area contributed by atoms with Crippen molar-refractivity contribution >= 4 is 17.3 Å². The van der Waals surface area contributed by atoms with E-state index in [0.29, 0.717) is 25.7 Å². The Morgan fingerprint density at radius 1 is 1.41 bits per heavy atom. The summed E-state index contributed by atoms with van der Waals surface area (Å²) in [7, 11) is 0. The lowest BCUT2D eigenvalue weighted by Crippen LogP contribution is -2.32. The van der Waals surface area contributed by atoms with Gasteiger partial charge < -0.3 is 5.11 Å².